The lowest BCUT2D eigenvalue weighted by molar-refractivity contribution is -0.127. The van der Waals surface area contributed by atoms with Crippen LogP contribution in [0, 0.1) is 11.3 Å². The van der Waals surface area contributed by atoms with Crippen LogP contribution in [0.1, 0.15) is 12.5 Å². The molecule has 0 unspecified atom stereocenters. The Kier molecular flexibility index (Phi) is 4.80. The highest BCUT2D eigenvalue weighted by Crippen LogP contribution is 2.22. The van der Waals surface area contributed by atoms with Crippen LogP contribution < -0.4 is 5.32 Å². The summed E-state index contributed by atoms with van der Waals surface area (Å²) in [5.74, 6) is -0.00655. The molecule has 0 aliphatic rings. The zero-order chi connectivity index (χ0) is 12.8. The van der Waals surface area contributed by atoms with Crippen LogP contribution in [0.15, 0.2) is 18.2 Å². The monoisotopic (exact) mass is 251 g/mol. The Morgan fingerprint density at radius 3 is 2.82 bits per heavy atom. The van der Waals surface area contributed by atoms with E-state index in [2.05, 4.69) is 5.32 Å². The number of hydrogen-bond donors (Lipinski definition) is 1. The average Bonchev–Trinajstić information content (AvgIpc) is 2.35. The van der Waals surface area contributed by atoms with Gasteiger partial charge in [0.25, 0.3) is 0 Å². The minimum absolute atomic E-state index is 0.00655. The van der Waals surface area contributed by atoms with Crippen molar-refractivity contribution in [2.75, 3.05) is 25.5 Å². The fourth-order valence-electron chi connectivity index (χ4n) is 1.21. The summed E-state index contributed by atoms with van der Waals surface area (Å²) < 4.78 is 0. The molecule has 0 spiro atoms. The van der Waals surface area contributed by atoms with Gasteiger partial charge in [-0.25, -0.2) is 0 Å². The molecule has 0 fully saturated rings. The summed E-state index contributed by atoms with van der Waals surface area (Å²) in [4.78, 5) is 13.2. The Bertz CT molecular complexity index is 454. The molecular formula is C12H14ClN3O. The van der Waals surface area contributed by atoms with Gasteiger partial charge in [0.2, 0.25) is 5.91 Å². The van der Waals surface area contributed by atoms with Crippen molar-refractivity contribution in [1.29, 1.82) is 5.26 Å². The number of nitrogens with zero attached hydrogens (tertiary/aromatic N) is 2. The summed E-state index contributed by atoms with van der Waals surface area (Å²) in [6.07, 6.45) is 0. The third-order valence-corrected chi connectivity index (χ3v) is 2.74. The number of halogens is 1. The van der Waals surface area contributed by atoms with E-state index in [0.29, 0.717) is 22.8 Å². The van der Waals surface area contributed by atoms with Gasteiger partial charge in [0, 0.05) is 13.6 Å². The van der Waals surface area contributed by atoms with Gasteiger partial charge in [-0.05, 0) is 25.1 Å². The van der Waals surface area contributed by atoms with Crippen molar-refractivity contribution in [2.24, 2.45) is 0 Å². The number of likely N-dealkylation sites (N-methyl/N-ethyl adjacent to an activating group) is 1. The van der Waals surface area contributed by atoms with Crippen LogP contribution in [0.5, 0.6) is 0 Å². The number of carbonyl (C=O) groups excluding carboxylic acids is 1. The Morgan fingerprint density at radius 2 is 2.29 bits per heavy atom. The highest BCUT2D eigenvalue weighted by molar-refractivity contribution is 6.33. The second-order valence-electron chi connectivity index (χ2n) is 3.57. The van der Waals surface area contributed by atoms with E-state index >= 15 is 0 Å². The molecule has 1 rings (SSSR count). The smallest absolute Gasteiger partial charge is 0.241 e. The molecule has 5 heteroatoms. The van der Waals surface area contributed by atoms with Gasteiger partial charge in [0.15, 0.2) is 0 Å². The molecule has 0 aromatic heterocycles. The van der Waals surface area contributed by atoms with Gasteiger partial charge in [0.05, 0.1) is 28.9 Å². The molecule has 0 atom stereocenters. The molecule has 17 heavy (non-hydrogen) atoms. The SMILES string of the molecule is CCN(C)C(=O)CNc1ccc(C#N)cc1Cl. The number of rotatable bonds is 4. The van der Waals surface area contributed by atoms with Crippen LogP contribution in [0.25, 0.3) is 0 Å². The predicted octanol–water partition coefficient (Wildman–Crippen LogP) is 2.10. The lowest BCUT2D eigenvalue weighted by atomic mass is 10.2. The summed E-state index contributed by atoms with van der Waals surface area (Å²) in [6.45, 7) is 2.77. The van der Waals surface area contributed by atoms with Crippen molar-refractivity contribution in [1.82, 2.24) is 4.90 Å². The quantitative estimate of drug-likeness (QED) is 0.892. The van der Waals surface area contributed by atoms with Crippen LogP contribution >= 0.6 is 11.6 Å². The first kappa shape index (κ1) is 13.3. The zero-order valence-corrected chi connectivity index (χ0v) is 10.6. The van der Waals surface area contributed by atoms with Gasteiger partial charge in [-0.3, -0.25) is 4.79 Å². The van der Waals surface area contributed by atoms with E-state index < -0.39 is 0 Å². The van der Waals surface area contributed by atoms with E-state index in [-0.39, 0.29) is 12.5 Å². The maximum absolute atomic E-state index is 11.5. The van der Waals surface area contributed by atoms with Crippen molar-refractivity contribution >= 4 is 23.2 Å². The Labute approximate surface area is 106 Å². The van der Waals surface area contributed by atoms with E-state index in [4.69, 9.17) is 16.9 Å². The molecule has 0 saturated carbocycles. The first-order valence-corrected chi connectivity index (χ1v) is 5.63. The molecule has 0 radical (unpaired) electrons. The molecule has 0 heterocycles. The number of anilines is 1. The number of nitriles is 1. The first-order valence-electron chi connectivity index (χ1n) is 5.26. The molecule has 90 valence electrons. The largest absolute Gasteiger partial charge is 0.375 e. The fraction of sp³-hybridized carbons (Fsp3) is 0.333. The van der Waals surface area contributed by atoms with E-state index in [0.717, 1.165) is 0 Å². The molecule has 1 aromatic carbocycles. The van der Waals surface area contributed by atoms with Gasteiger partial charge < -0.3 is 10.2 Å². The van der Waals surface area contributed by atoms with Crippen LogP contribution in [0.4, 0.5) is 5.69 Å². The summed E-state index contributed by atoms with van der Waals surface area (Å²) in [5, 5.41) is 12.1. The second-order valence-corrected chi connectivity index (χ2v) is 3.98. The van der Waals surface area contributed by atoms with Crippen LogP contribution in [0.3, 0.4) is 0 Å². The van der Waals surface area contributed by atoms with Crippen molar-refractivity contribution in [3.63, 3.8) is 0 Å². The molecule has 1 aromatic rings. The van der Waals surface area contributed by atoms with Crippen LogP contribution in [0.2, 0.25) is 5.02 Å². The number of carbonyl (C=O) groups is 1. The van der Waals surface area contributed by atoms with E-state index in [1.54, 1.807) is 30.1 Å². The van der Waals surface area contributed by atoms with Gasteiger partial charge in [-0.2, -0.15) is 5.26 Å². The van der Waals surface area contributed by atoms with Crippen molar-refractivity contribution in [3.05, 3.63) is 28.8 Å². The van der Waals surface area contributed by atoms with E-state index in [1.165, 1.54) is 0 Å². The maximum Gasteiger partial charge on any atom is 0.241 e. The number of hydrogen-bond acceptors (Lipinski definition) is 3. The maximum atomic E-state index is 11.5. The Balaban J connectivity index is 2.65. The minimum atomic E-state index is -0.00655. The van der Waals surface area contributed by atoms with Gasteiger partial charge in [0.1, 0.15) is 0 Å². The van der Waals surface area contributed by atoms with Crippen molar-refractivity contribution < 1.29 is 4.79 Å². The fourth-order valence-corrected chi connectivity index (χ4v) is 1.46. The third kappa shape index (κ3) is 3.65. The minimum Gasteiger partial charge on any atom is -0.375 e. The molecule has 0 aliphatic heterocycles. The summed E-state index contributed by atoms with van der Waals surface area (Å²) >= 11 is 5.97. The van der Waals surface area contributed by atoms with Crippen molar-refractivity contribution in [3.8, 4) is 6.07 Å². The molecule has 1 N–H and O–H groups in total. The van der Waals surface area contributed by atoms with Gasteiger partial charge in [-0.15, -0.1) is 0 Å². The molecule has 1 amide bonds. The number of nitrogens with one attached hydrogen (secondary N) is 1. The van der Waals surface area contributed by atoms with Gasteiger partial charge >= 0.3 is 0 Å². The zero-order valence-electron chi connectivity index (χ0n) is 9.83. The molecule has 0 aliphatic carbocycles. The molecule has 0 bridgehead atoms. The van der Waals surface area contributed by atoms with Crippen LogP contribution in [-0.2, 0) is 4.79 Å². The number of benzene rings is 1. The highest BCUT2D eigenvalue weighted by Gasteiger charge is 2.07. The topological polar surface area (TPSA) is 56.1 Å². The van der Waals surface area contributed by atoms with E-state index in [9.17, 15) is 4.79 Å². The molecule has 4 nitrogen and oxygen atoms in total. The van der Waals surface area contributed by atoms with Crippen molar-refractivity contribution in [2.45, 2.75) is 6.92 Å². The Morgan fingerprint density at radius 1 is 1.59 bits per heavy atom. The average molecular weight is 252 g/mol. The third-order valence-electron chi connectivity index (χ3n) is 2.43. The lowest BCUT2D eigenvalue weighted by Gasteiger charge is -2.15. The second kappa shape index (κ2) is 6.12. The summed E-state index contributed by atoms with van der Waals surface area (Å²) in [5.41, 5.74) is 1.15. The number of amides is 1. The lowest BCUT2D eigenvalue weighted by Crippen LogP contribution is -2.31. The predicted molar refractivity (Wildman–Crippen MR) is 68.0 cm³/mol. The standard InChI is InChI=1S/C12H14ClN3O/c1-3-16(2)12(17)8-15-11-5-4-9(7-14)6-10(11)13/h4-6,15H,3,8H2,1-2H3. The van der Waals surface area contributed by atoms with Gasteiger partial charge in [-0.1, -0.05) is 11.6 Å². The van der Waals surface area contributed by atoms with Crippen LogP contribution in [-0.4, -0.2) is 30.9 Å². The molecular weight excluding hydrogens is 238 g/mol. The van der Waals surface area contributed by atoms with E-state index in [1.807, 2.05) is 13.0 Å². The molecule has 0 saturated heterocycles. The highest BCUT2D eigenvalue weighted by atomic mass is 35.5. The Hall–Kier alpha value is -1.73. The summed E-state index contributed by atoms with van der Waals surface area (Å²) in [7, 11) is 1.74. The normalized spacial score (nSPS) is 9.53. The summed E-state index contributed by atoms with van der Waals surface area (Å²) in [6, 6.07) is 6.92. The first-order chi connectivity index (χ1) is 8.08.